The largest absolute Gasteiger partial charge is 0.286 e. The highest BCUT2D eigenvalue weighted by molar-refractivity contribution is 7.93. The van der Waals surface area contributed by atoms with E-state index in [-0.39, 0.29) is 5.56 Å². The molecule has 2 aromatic heterocycles. The first-order valence-corrected chi connectivity index (χ1v) is 9.66. The van der Waals surface area contributed by atoms with Crippen molar-refractivity contribution in [2.45, 2.75) is 4.90 Å². The fraction of sp³-hybridized carbons (Fsp3) is 0.0500. The maximum Gasteiger partial charge on any atom is 0.286 e. The SMILES string of the molecule is CS(=O)(=NC(=O)c1cncc(C#Cc2ccccn2)c1)c1ccccc1. The second-order valence-corrected chi connectivity index (χ2v) is 7.70. The van der Waals surface area contributed by atoms with Crippen molar-refractivity contribution in [1.82, 2.24) is 9.97 Å². The number of carbonyl (C=O) groups excluding carboxylic acids is 1. The lowest BCUT2D eigenvalue weighted by atomic mass is 10.2. The van der Waals surface area contributed by atoms with Gasteiger partial charge in [-0.1, -0.05) is 30.2 Å². The number of nitrogens with zero attached hydrogens (tertiary/aromatic N) is 3. The van der Waals surface area contributed by atoms with Crippen LogP contribution in [0.15, 0.2) is 82.4 Å². The summed E-state index contributed by atoms with van der Waals surface area (Å²) in [5, 5.41) is 0. The number of hydrogen-bond acceptors (Lipinski definition) is 4. The highest BCUT2D eigenvalue weighted by atomic mass is 32.2. The normalized spacial score (nSPS) is 12.3. The number of pyridine rings is 2. The number of hydrogen-bond donors (Lipinski definition) is 0. The van der Waals surface area contributed by atoms with Gasteiger partial charge in [0.2, 0.25) is 0 Å². The second-order valence-electron chi connectivity index (χ2n) is 5.44. The molecule has 0 N–H and O–H groups in total. The average molecular weight is 361 g/mol. The monoisotopic (exact) mass is 361 g/mol. The minimum absolute atomic E-state index is 0.239. The molecule has 0 saturated carbocycles. The molecule has 2 heterocycles. The third-order valence-electron chi connectivity index (χ3n) is 3.42. The molecule has 0 aliphatic rings. The van der Waals surface area contributed by atoms with E-state index < -0.39 is 15.6 Å². The molecule has 3 aromatic rings. The van der Waals surface area contributed by atoms with Crippen LogP contribution >= 0.6 is 0 Å². The molecule has 1 aromatic carbocycles. The molecule has 1 amide bonds. The van der Waals surface area contributed by atoms with E-state index in [2.05, 4.69) is 26.2 Å². The molecule has 3 rings (SSSR count). The maximum absolute atomic E-state index is 12.7. The lowest BCUT2D eigenvalue weighted by Gasteiger charge is -2.03. The molecule has 0 bridgehead atoms. The quantitative estimate of drug-likeness (QED) is 0.657. The summed E-state index contributed by atoms with van der Waals surface area (Å²) in [6.07, 6.45) is 6.03. The maximum atomic E-state index is 12.7. The van der Waals surface area contributed by atoms with E-state index in [1.165, 1.54) is 12.5 Å². The molecular weight excluding hydrogens is 346 g/mol. The molecule has 128 valence electrons. The Morgan fingerprint density at radius 3 is 2.54 bits per heavy atom. The number of aromatic nitrogens is 2. The van der Waals surface area contributed by atoms with Gasteiger partial charge < -0.3 is 0 Å². The molecule has 26 heavy (non-hydrogen) atoms. The van der Waals surface area contributed by atoms with E-state index in [4.69, 9.17) is 0 Å². The van der Waals surface area contributed by atoms with Gasteiger partial charge in [0.25, 0.3) is 5.91 Å². The van der Waals surface area contributed by atoms with Gasteiger partial charge in [-0.2, -0.15) is 4.36 Å². The zero-order valence-electron chi connectivity index (χ0n) is 14.0. The van der Waals surface area contributed by atoms with E-state index >= 15 is 0 Å². The van der Waals surface area contributed by atoms with E-state index in [0.717, 1.165) is 0 Å². The fourth-order valence-corrected chi connectivity index (χ4v) is 3.32. The van der Waals surface area contributed by atoms with Crippen molar-refractivity contribution in [3.63, 3.8) is 0 Å². The summed E-state index contributed by atoms with van der Waals surface area (Å²) in [5.74, 6) is 5.22. The highest BCUT2D eigenvalue weighted by Gasteiger charge is 2.11. The van der Waals surface area contributed by atoms with Crippen LogP contribution in [0.4, 0.5) is 0 Å². The van der Waals surface area contributed by atoms with Gasteiger partial charge in [0.05, 0.1) is 15.3 Å². The Hall–Kier alpha value is -3.30. The Bertz CT molecular complexity index is 1110. The van der Waals surface area contributed by atoms with Gasteiger partial charge in [0.15, 0.2) is 0 Å². The highest BCUT2D eigenvalue weighted by Crippen LogP contribution is 2.13. The Labute approximate surface area is 152 Å². The lowest BCUT2D eigenvalue weighted by molar-refractivity contribution is 0.100. The minimum Gasteiger partial charge on any atom is -0.266 e. The van der Waals surface area contributed by atoms with Crippen LogP contribution in [0.5, 0.6) is 0 Å². The van der Waals surface area contributed by atoms with Crippen LogP contribution in [0.3, 0.4) is 0 Å². The molecule has 0 saturated heterocycles. The molecule has 1 unspecified atom stereocenters. The molecule has 0 aliphatic carbocycles. The van der Waals surface area contributed by atoms with Gasteiger partial charge in [-0.25, -0.2) is 9.19 Å². The molecule has 6 heteroatoms. The number of rotatable bonds is 2. The van der Waals surface area contributed by atoms with Crippen LogP contribution < -0.4 is 0 Å². The Balaban J connectivity index is 1.89. The zero-order valence-corrected chi connectivity index (χ0v) is 14.8. The van der Waals surface area contributed by atoms with E-state index in [1.807, 2.05) is 18.2 Å². The minimum atomic E-state index is -2.82. The smallest absolute Gasteiger partial charge is 0.266 e. The molecular formula is C20H15N3O2S. The summed E-state index contributed by atoms with van der Waals surface area (Å²) < 4.78 is 16.6. The molecule has 0 radical (unpaired) electrons. The molecule has 0 aliphatic heterocycles. The summed E-state index contributed by atoms with van der Waals surface area (Å²) in [6, 6.07) is 15.7. The Morgan fingerprint density at radius 2 is 1.81 bits per heavy atom. The molecule has 0 fully saturated rings. The third-order valence-corrected chi connectivity index (χ3v) is 5.08. The standard InChI is InChI=1S/C20H15N3O2S/c1-26(25,19-8-3-2-4-9-19)23-20(24)17-13-16(14-21-15-17)10-11-18-7-5-6-12-22-18/h2-9,12-15H,1H3. The third kappa shape index (κ3) is 4.41. The van der Waals surface area contributed by atoms with Gasteiger partial charge in [0, 0.05) is 35.3 Å². The summed E-state index contributed by atoms with van der Waals surface area (Å²) >= 11 is 0. The van der Waals surface area contributed by atoms with Gasteiger partial charge >= 0.3 is 0 Å². The van der Waals surface area contributed by atoms with Gasteiger partial charge in [0.1, 0.15) is 5.69 Å². The number of benzene rings is 1. The molecule has 0 spiro atoms. The zero-order chi connectivity index (χ0) is 18.4. The van der Waals surface area contributed by atoms with Crippen LogP contribution in [0, 0.1) is 11.8 Å². The molecule has 5 nitrogen and oxygen atoms in total. The topological polar surface area (TPSA) is 72.3 Å². The first kappa shape index (κ1) is 17.5. The van der Waals surface area contributed by atoms with Crippen molar-refractivity contribution in [1.29, 1.82) is 0 Å². The Morgan fingerprint density at radius 1 is 1.04 bits per heavy atom. The van der Waals surface area contributed by atoms with Crippen molar-refractivity contribution in [3.8, 4) is 11.8 Å². The predicted octanol–water partition coefficient (Wildman–Crippen LogP) is 3.17. The van der Waals surface area contributed by atoms with Gasteiger partial charge in [-0.05, 0) is 36.3 Å². The fourth-order valence-electron chi connectivity index (χ4n) is 2.13. The summed E-state index contributed by atoms with van der Waals surface area (Å²) in [5.41, 5.74) is 1.41. The van der Waals surface area contributed by atoms with Crippen molar-refractivity contribution < 1.29 is 9.00 Å². The molecule has 1 atom stereocenters. The predicted molar refractivity (Wildman–Crippen MR) is 100.0 cm³/mol. The van der Waals surface area contributed by atoms with Crippen LogP contribution in [0.2, 0.25) is 0 Å². The summed E-state index contributed by atoms with van der Waals surface area (Å²) in [4.78, 5) is 21.1. The van der Waals surface area contributed by atoms with Crippen LogP contribution in [-0.4, -0.2) is 26.3 Å². The van der Waals surface area contributed by atoms with Crippen molar-refractivity contribution in [2.24, 2.45) is 4.36 Å². The number of amides is 1. The van der Waals surface area contributed by atoms with Crippen molar-refractivity contribution >= 4 is 15.6 Å². The van der Waals surface area contributed by atoms with Gasteiger partial charge in [-0.3, -0.25) is 9.78 Å². The Kier molecular flexibility index (Phi) is 5.20. The van der Waals surface area contributed by atoms with Crippen LogP contribution in [0.1, 0.15) is 21.6 Å². The van der Waals surface area contributed by atoms with Crippen molar-refractivity contribution in [2.75, 3.05) is 6.26 Å². The van der Waals surface area contributed by atoms with Crippen molar-refractivity contribution in [3.05, 3.63) is 90.0 Å². The first-order chi connectivity index (χ1) is 12.5. The summed E-state index contributed by atoms with van der Waals surface area (Å²) in [6.45, 7) is 0. The van der Waals surface area contributed by atoms with Crippen LogP contribution in [-0.2, 0) is 9.73 Å². The number of carbonyl (C=O) groups is 1. The average Bonchev–Trinajstić information content (AvgIpc) is 2.68. The lowest BCUT2D eigenvalue weighted by Crippen LogP contribution is -2.04. The van der Waals surface area contributed by atoms with E-state index in [1.54, 1.807) is 48.8 Å². The summed E-state index contributed by atoms with van der Waals surface area (Å²) in [7, 11) is -2.82. The van der Waals surface area contributed by atoms with Crippen LogP contribution in [0.25, 0.3) is 0 Å². The first-order valence-electron chi connectivity index (χ1n) is 7.74. The van der Waals surface area contributed by atoms with E-state index in [0.29, 0.717) is 16.2 Å². The van der Waals surface area contributed by atoms with Gasteiger partial charge in [-0.15, -0.1) is 0 Å². The van der Waals surface area contributed by atoms with E-state index in [9.17, 15) is 9.00 Å². The second kappa shape index (κ2) is 7.72.